The number of furan rings is 1. The van der Waals surface area contributed by atoms with Crippen molar-refractivity contribution in [2.24, 2.45) is 0 Å². The third kappa shape index (κ3) is 2.63. The van der Waals surface area contributed by atoms with E-state index < -0.39 is 0 Å². The largest absolute Gasteiger partial charge is 0.472 e. The highest BCUT2D eigenvalue weighted by Gasteiger charge is 2.13. The van der Waals surface area contributed by atoms with Gasteiger partial charge in [-0.15, -0.1) is 0 Å². The van der Waals surface area contributed by atoms with Gasteiger partial charge in [0.1, 0.15) is 5.69 Å². The zero-order chi connectivity index (χ0) is 12.3. The monoisotopic (exact) mass is 231 g/mol. The van der Waals surface area contributed by atoms with E-state index in [2.05, 4.69) is 4.98 Å². The minimum atomic E-state index is -0.147. The Morgan fingerprint density at radius 1 is 1.47 bits per heavy atom. The maximum atomic E-state index is 12.0. The molecule has 5 heteroatoms. The van der Waals surface area contributed by atoms with Crippen LogP contribution in [0.5, 0.6) is 0 Å². The average molecular weight is 231 g/mol. The second kappa shape index (κ2) is 4.69. The van der Waals surface area contributed by atoms with Gasteiger partial charge in [-0.05, 0) is 18.2 Å². The van der Waals surface area contributed by atoms with Crippen LogP contribution in [0.4, 0.5) is 5.69 Å². The number of carbonyl (C=O) groups is 1. The van der Waals surface area contributed by atoms with Gasteiger partial charge in [0, 0.05) is 19.2 Å². The first-order valence-corrected chi connectivity index (χ1v) is 5.15. The van der Waals surface area contributed by atoms with E-state index in [-0.39, 0.29) is 5.91 Å². The maximum Gasteiger partial charge on any atom is 0.272 e. The van der Waals surface area contributed by atoms with Crippen molar-refractivity contribution in [2.75, 3.05) is 12.8 Å². The molecule has 5 nitrogen and oxygen atoms in total. The van der Waals surface area contributed by atoms with Crippen LogP contribution in [0.15, 0.2) is 41.3 Å². The first kappa shape index (κ1) is 11.2. The molecule has 0 radical (unpaired) electrons. The molecule has 0 aliphatic rings. The van der Waals surface area contributed by atoms with Crippen molar-refractivity contribution in [2.45, 2.75) is 6.54 Å². The molecule has 2 rings (SSSR count). The minimum absolute atomic E-state index is 0.147. The van der Waals surface area contributed by atoms with Crippen LogP contribution < -0.4 is 5.73 Å². The topological polar surface area (TPSA) is 72.4 Å². The van der Waals surface area contributed by atoms with E-state index in [0.29, 0.717) is 17.9 Å². The lowest BCUT2D eigenvalue weighted by molar-refractivity contribution is 0.0779. The number of nitrogens with zero attached hydrogens (tertiary/aromatic N) is 2. The highest BCUT2D eigenvalue weighted by Crippen LogP contribution is 2.08. The molecular formula is C12H13N3O2. The predicted molar refractivity (Wildman–Crippen MR) is 63.2 cm³/mol. The molecule has 88 valence electrons. The van der Waals surface area contributed by atoms with Gasteiger partial charge < -0.3 is 15.1 Å². The number of carbonyl (C=O) groups excluding carboxylic acids is 1. The molecule has 2 aromatic rings. The van der Waals surface area contributed by atoms with E-state index in [4.69, 9.17) is 10.2 Å². The number of hydrogen-bond acceptors (Lipinski definition) is 4. The van der Waals surface area contributed by atoms with E-state index in [9.17, 15) is 4.79 Å². The van der Waals surface area contributed by atoms with Gasteiger partial charge >= 0.3 is 0 Å². The molecule has 2 N–H and O–H groups in total. The number of pyridine rings is 1. The number of aromatic nitrogens is 1. The predicted octanol–water partition coefficient (Wildman–Crippen LogP) is 1.53. The number of nitrogen functional groups attached to an aromatic ring is 1. The number of rotatable bonds is 3. The minimum Gasteiger partial charge on any atom is -0.472 e. The molecule has 0 bridgehead atoms. The molecule has 17 heavy (non-hydrogen) atoms. The fourth-order valence-electron chi connectivity index (χ4n) is 1.46. The molecule has 1 amide bonds. The standard InChI is InChI=1S/C12H13N3O2/c1-15(7-9-4-5-17-8-9)12(16)11-3-2-10(13)6-14-11/h2-6,8H,7,13H2,1H3. The molecular weight excluding hydrogens is 218 g/mol. The molecule has 2 heterocycles. The van der Waals surface area contributed by atoms with Gasteiger partial charge in [-0.25, -0.2) is 4.98 Å². The molecule has 0 atom stereocenters. The van der Waals surface area contributed by atoms with Crippen molar-refractivity contribution >= 4 is 11.6 Å². The van der Waals surface area contributed by atoms with E-state index in [0.717, 1.165) is 5.56 Å². The van der Waals surface area contributed by atoms with Crippen molar-refractivity contribution in [3.63, 3.8) is 0 Å². The second-order valence-corrected chi connectivity index (χ2v) is 3.77. The van der Waals surface area contributed by atoms with Crippen LogP contribution in [-0.2, 0) is 6.54 Å². The zero-order valence-electron chi connectivity index (χ0n) is 9.46. The fourth-order valence-corrected chi connectivity index (χ4v) is 1.46. The smallest absolute Gasteiger partial charge is 0.272 e. The van der Waals surface area contributed by atoms with Crippen molar-refractivity contribution in [3.8, 4) is 0 Å². The normalized spacial score (nSPS) is 10.2. The highest BCUT2D eigenvalue weighted by molar-refractivity contribution is 5.92. The SMILES string of the molecule is CN(Cc1ccoc1)C(=O)c1ccc(N)cn1. The summed E-state index contributed by atoms with van der Waals surface area (Å²) in [5, 5.41) is 0. The molecule has 0 aromatic carbocycles. The van der Waals surface area contributed by atoms with Crippen LogP contribution in [0.25, 0.3) is 0 Å². The quantitative estimate of drug-likeness (QED) is 0.869. The Balaban J connectivity index is 2.07. The van der Waals surface area contributed by atoms with Crippen molar-refractivity contribution in [1.29, 1.82) is 0 Å². The molecule has 0 saturated carbocycles. The average Bonchev–Trinajstić information content (AvgIpc) is 2.82. The maximum absolute atomic E-state index is 12.0. The van der Waals surface area contributed by atoms with Crippen LogP contribution in [0, 0.1) is 0 Å². The summed E-state index contributed by atoms with van der Waals surface area (Å²) in [5.74, 6) is -0.147. The van der Waals surface area contributed by atoms with Gasteiger partial charge in [-0.2, -0.15) is 0 Å². The zero-order valence-corrected chi connectivity index (χ0v) is 9.46. The summed E-state index contributed by atoms with van der Waals surface area (Å²) in [7, 11) is 1.72. The Bertz CT molecular complexity index is 491. The Morgan fingerprint density at radius 3 is 2.88 bits per heavy atom. The van der Waals surface area contributed by atoms with Crippen LogP contribution in [0.3, 0.4) is 0 Å². The molecule has 0 saturated heterocycles. The lowest BCUT2D eigenvalue weighted by Gasteiger charge is -2.15. The van der Waals surface area contributed by atoms with Gasteiger partial charge in [-0.3, -0.25) is 4.79 Å². The van der Waals surface area contributed by atoms with Crippen LogP contribution in [0.2, 0.25) is 0 Å². The van der Waals surface area contributed by atoms with E-state index in [1.807, 2.05) is 6.07 Å². The Hall–Kier alpha value is -2.30. The van der Waals surface area contributed by atoms with E-state index >= 15 is 0 Å². The van der Waals surface area contributed by atoms with Gasteiger partial charge in [-0.1, -0.05) is 0 Å². The van der Waals surface area contributed by atoms with Gasteiger partial charge in [0.05, 0.1) is 24.4 Å². The third-order valence-corrected chi connectivity index (χ3v) is 2.35. The summed E-state index contributed by atoms with van der Waals surface area (Å²) in [5.41, 5.74) is 7.37. The van der Waals surface area contributed by atoms with Gasteiger partial charge in [0.15, 0.2) is 0 Å². The number of hydrogen-bond donors (Lipinski definition) is 1. The lowest BCUT2D eigenvalue weighted by Crippen LogP contribution is -2.26. The summed E-state index contributed by atoms with van der Waals surface area (Å²) in [6.07, 6.45) is 4.66. The molecule has 0 aliphatic heterocycles. The summed E-state index contributed by atoms with van der Waals surface area (Å²) in [4.78, 5) is 17.5. The number of anilines is 1. The Kier molecular flexibility index (Phi) is 3.09. The van der Waals surface area contributed by atoms with E-state index in [1.54, 1.807) is 36.6 Å². The van der Waals surface area contributed by atoms with Crippen molar-refractivity contribution < 1.29 is 9.21 Å². The molecule has 0 unspecified atom stereocenters. The fraction of sp³-hybridized carbons (Fsp3) is 0.167. The van der Waals surface area contributed by atoms with Crippen molar-refractivity contribution in [3.05, 3.63) is 48.2 Å². The summed E-state index contributed by atoms with van der Waals surface area (Å²) >= 11 is 0. The van der Waals surface area contributed by atoms with Crippen LogP contribution >= 0.6 is 0 Å². The van der Waals surface area contributed by atoms with E-state index in [1.165, 1.54) is 6.20 Å². The first-order valence-electron chi connectivity index (χ1n) is 5.15. The summed E-state index contributed by atoms with van der Waals surface area (Å²) in [6.45, 7) is 0.487. The second-order valence-electron chi connectivity index (χ2n) is 3.77. The van der Waals surface area contributed by atoms with Crippen LogP contribution in [-0.4, -0.2) is 22.8 Å². The first-order chi connectivity index (χ1) is 8.16. The van der Waals surface area contributed by atoms with Gasteiger partial charge in [0.2, 0.25) is 0 Å². The van der Waals surface area contributed by atoms with Gasteiger partial charge in [0.25, 0.3) is 5.91 Å². The van der Waals surface area contributed by atoms with Crippen molar-refractivity contribution in [1.82, 2.24) is 9.88 Å². The summed E-state index contributed by atoms with van der Waals surface area (Å²) < 4.78 is 4.95. The molecule has 0 spiro atoms. The van der Waals surface area contributed by atoms with Crippen LogP contribution in [0.1, 0.15) is 16.1 Å². The lowest BCUT2D eigenvalue weighted by atomic mass is 10.2. The highest BCUT2D eigenvalue weighted by atomic mass is 16.3. The Morgan fingerprint density at radius 2 is 2.29 bits per heavy atom. The number of nitrogens with two attached hydrogens (primary N) is 1. The molecule has 2 aromatic heterocycles. The third-order valence-electron chi connectivity index (χ3n) is 2.35. The Labute approximate surface area is 98.9 Å². The number of amides is 1. The molecule has 0 fully saturated rings. The molecule has 0 aliphatic carbocycles. The summed E-state index contributed by atoms with van der Waals surface area (Å²) in [6, 6.07) is 5.09.